The minimum atomic E-state index is -0.0675. The van der Waals surface area contributed by atoms with Gasteiger partial charge in [0.15, 0.2) is 0 Å². The second kappa shape index (κ2) is 6.33. The number of aromatic amines is 1. The van der Waals surface area contributed by atoms with Crippen LogP contribution < -0.4 is 10.9 Å². The minimum absolute atomic E-state index is 0.0565. The Morgan fingerprint density at radius 2 is 2.05 bits per heavy atom. The topological polar surface area (TPSA) is 57.8 Å². The van der Waals surface area contributed by atoms with Crippen LogP contribution in [0.2, 0.25) is 0 Å². The molecule has 1 unspecified atom stereocenters. The minimum Gasteiger partial charge on any atom is -0.310 e. The van der Waals surface area contributed by atoms with Crippen molar-refractivity contribution in [2.75, 3.05) is 0 Å². The zero-order valence-corrected chi connectivity index (χ0v) is 13.4. The molecule has 0 aliphatic heterocycles. The van der Waals surface area contributed by atoms with Crippen molar-refractivity contribution in [1.82, 2.24) is 15.3 Å². The van der Waals surface area contributed by atoms with Crippen molar-refractivity contribution in [3.63, 3.8) is 0 Å². The Balaban J connectivity index is 2.16. The van der Waals surface area contributed by atoms with Gasteiger partial charge in [0.2, 0.25) is 0 Å². The summed E-state index contributed by atoms with van der Waals surface area (Å²) in [5.74, 6) is 0.647. The zero-order valence-electron chi connectivity index (χ0n) is 11.8. The van der Waals surface area contributed by atoms with Crippen LogP contribution in [0, 0.1) is 13.8 Å². The third-order valence-electron chi connectivity index (χ3n) is 3.25. The Hall–Kier alpha value is -1.46. The number of nitrogens with one attached hydrogen (secondary N) is 2. The first-order chi connectivity index (χ1) is 9.49. The summed E-state index contributed by atoms with van der Waals surface area (Å²) in [6, 6.07) is 7.98. The maximum absolute atomic E-state index is 12.0. The van der Waals surface area contributed by atoms with Gasteiger partial charge in [0, 0.05) is 22.8 Å². The van der Waals surface area contributed by atoms with E-state index in [1.165, 1.54) is 0 Å². The highest BCUT2D eigenvalue weighted by Gasteiger charge is 2.14. The van der Waals surface area contributed by atoms with E-state index in [1.54, 1.807) is 6.92 Å². The molecule has 2 N–H and O–H groups in total. The number of aromatic nitrogens is 2. The molecule has 5 heteroatoms. The summed E-state index contributed by atoms with van der Waals surface area (Å²) in [6.45, 7) is 6.33. The van der Waals surface area contributed by atoms with E-state index in [-0.39, 0.29) is 11.6 Å². The first-order valence-electron chi connectivity index (χ1n) is 6.53. The van der Waals surface area contributed by atoms with Crippen molar-refractivity contribution in [2.24, 2.45) is 0 Å². The Kier molecular flexibility index (Phi) is 4.73. The van der Waals surface area contributed by atoms with E-state index in [0.29, 0.717) is 17.9 Å². The maximum Gasteiger partial charge on any atom is 0.255 e. The molecule has 0 radical (unpaired) electrons. The maximum atomic E-state index is 12.0. The molecule has 1 heterocycles. The van der Waals surface area contributed by atoms with Crippen LogP contribution in [0.25, 0.3) is 0 Å². The molecule has 0 bridgehead atoms. The standard InChI is InChI=1S/C15H18BrN3O/c1-9(14-10(2)18-11(3)19-15(14)20)17-8-12-6-4-5-7-13(12)16/h4-7,9,17H,8H2,1-3H3,(H,18,19,20). The summed E-state index contributed by atoms with van der Waals surface area (Å²) in [5, 5.41) is 3.37. The lowest BCUT2D eigenvalue weighted by atomic mass is 10.1. The summed E-state index contributed by atoms with van der Waals surface area (Å²) in [5.41, 5.74) is 2.57. The Bertz CT molecular complexity index is 666. The molecule has 1 aromatic heterocycles. The number of hydrogen-bond acceptors (Lipinski definition) is 3. The lowest BCUT2D eigenvalue weighted by molar-refractivity contribution is 0.561. The monoisotopic (exact) mass is 335 g/mol. The van der Waals surface area contributed by atoms with Crippen LogP contribution in [0.3, 0.4) is 0 Å². The van der Waals surface area contributed by atoms with Gasteiger partial charge in [0.25, 0.3) is 5.56 Å². The average molecular weight is 336 g/mol. The molecule has 0 aliphatic carbocycles. The normalized spacial score (nSPS) is 12.4. The van der Waals surface area contributed by atoms with Crippen molar-refractivity contribution in [3.05, 3.63) is 61.7 Å². The molecule has 20 heavy (non-hydrogen) atoms. The largest absolute Gasteiger partial charge is 0.310 e. The van der Waals surface area contributed by atoms with Gasteiger partial charge < -0.3 is 10.3 Å². The fraction of sp³-hybridized carbons (Fsp3) is 0.333. The predicted octanol–water partition coefficient (Wildman–Crippen LogP) is 3.00. The second-order valence-corrected chi connectivity index (χ2v) is 5.70. The van der Waals surface area contributed by atoms with Gasteiger partial charge in [0.05, 0.1) is 5.56 Å². The van der Waals surface area contributed by atoms with E-state index in [4.69, 9.17) is 0 Å². The summed E-state index contributed by atoms with van der Waals surface area (Å²) in [6.07, 6.45) is 0. The van der Waals surface area contributed by atoms with E-state index >= 15 is 0 Å². The third kappa shape index (κ3) is 3.35. The van der Waals surface area contributed by atoms with Crippen LogP contribution in [0.4, 0.5) is 0 Å². The molecule has 106 valence electrons. The molecule has 0 amide bonds. The smallest absolute Gasteiger partial charge is 0.255 e. The molecule has 0 saturated carbocycles. The number of aryl methyl sites for hydroxylation is 2. The molecule has 0 fully saturated rings. The molecule has 0 saturated heterocycles. The molecule has 1 aromatic carbocycles. The summed E-state index contributed by atoms with van der Waals surface area (Å²) >= 11 is 3.52. The van der Waals surface area contributed by atoms with E-state index in [0.717, 1.165) is 15.7 Å². The molecule has 1 atom stereocenters. The predicted molar refractivity (Wildman–Crippen MR) is 83.7 cm³/mol. The Morgan fingerprint density at radius 3 is 2.70 bits per heavy atom. The second-order valence-electron chi connectivity index (χ2n) is 4.84. The molecular formula is C15H18BrN3O. The first kappa shape index (κ1) is 14.9. The van der Waals surface area contributed by atoms with Crippen LogP contribution in [0.5, 0.6) is 0 Å². The number of benzene rings is 1. The highest BCUT2D eigenvalue weighted by molar-refractivity contribution is 9.10. The van der Waals surface area contributed by atoms with Gasteiger partial charge >= 0.3 is 0 Å². The van der Waals surface area contributed by atoms with Gasteiger partial charge in [-0.2, -0.15) is 0 Å². The van der Waals surface area contributed by atoms with Gasteiger partial charge in [-0.3, -0.25) is 4.79 Å². The Morgan fingerprint density at radius 1 is 1.35 bits per heavy atom. The van der Waals surface area contributed by atoms with Gasteiger partial charge in [-0.05, 0) is 32.4 Å². The highest BCUT2D eigenvalue weighted by Crippen LogP contribution is 2.17. The quantitative estimate of drug-likeness (QED) is 0.902. The summed E-state index contributed by atoms with van der Waals surface area (Å²) in [4.78, 5) is 19.1. The van der Waals surface area contributed by atoms with Crippen LogP contribution >= 0.6 is 15.9 Å². The first-order valence-corrected chi connectivity index (χ1v) is 7.32. The van der Waals surface area contributed by atoms with E-state index in [2.05, 4.69) is 31.2 Å². The van der Waals surface area contributed by atoms with E-state index < -0.39 is 0 Å². The molecular weight excluding hydrogens is 318 g/mol. The van der Waals surface area contributed by atoms with Crippen molar-refractivity contribution in [2.45, 2.75) is 33.4 Å². The van der Waals surface area contributed by atoms with Gasteiger partial charge in [-0.15, -0.1) is 0 Å². The molecule has 4 nitrogen and oxygen atoms in total. The number of rotatable bonds is 4. The van der Waals surface area contributed by atoms with Gasteiger partial charge in [0.1, 0.15) is 5.82 Å². The zero-order chi connectivity index (χ0) is 14.7. The molecule has 2 rings (SSSR count). The van der Waals surface area contributed by atoms with Crippen LogP contribution in [-0.4, -0.2) is 9.97 Å². The number of halogens is 1. The molecule has 2 aromatic rings. The van der Waals surface area contributed by atoms with Gasteiger partial charge in [-0.1, -0.05) is 34.1 Å². The number of nitrogens with zero attached hydrogens (tertiary/aromatic N) is 1. The van der Waals surface area contributed by atoms with Crippen LogP contribution in [-0.2, 0) is 6.54 Å². The fourth-order valence-electron chi connectivity index (χ4n) is 2.25. The number of hydrogen-bond donors (Lipinski definition) is 2. The third-order valence-corrected chi connectivity index (χ3v) is 4.03. The van der Waals surface area contributed by atoms with Crippen molar-refractivity contribution in [3.8, 4) is 0 Å². The number of H-pyrrole nitrogens is 1. The Labute approximate surface area is 126 Å². The molecule has 0 spiro atoms. The van der Waals surface area contributed by atoms with Crippen LogP contribution in [0.15, 0.2) is 33.5 Å². The summed E-state index contributed by atoms with van der Waals surface area (Å²) < 4.78 is 1.06. The molecule has 0 aliphatic rings. The fourth-order valence-corrected chi connectivity index (χ4v) is 2.68. The highest BCUT2D eigenvalue weighted by atomic mass is 79.9. The SMILES string of the molecule is Cc1nc(C)c(C(C)NCc2ccccc2Br)c(=O)[nH]1. The van der Waals surface area contributed by atoms with Crippen molar-refractivity contribution in [1.29, 1.82) is 0 Å². The average Bonchev–Trinajstić information content (AvgIpc) is 2.36. The summed E-state index contributed by atoms with van der Waals surface area (Å²) in [7, 11) is 0. The van der Waals surface area contributed by atoms with Crippen molar-refractivity contribution >= 4 is 15.9 Å². The lowest BCUT2D eigenvalue weighted by Crippen LogP contribution is -2.27. The lowest BCUT2D eigenvalue weighted by Gasteiger charge is -2.16. The van der Waals surface area contributed by atoms with Crippen molar-refractivity contribution < 1.29 is 0 Å². The van der Waals surface area contributed by atoms with Crippen LogP contribution in [0.1, 0.15) is 35.6 Å². The van der Waals surface area contributed by atoms with E-state index in [1.807, 2.05) is 38.1 Å². The van der Waals surface area contributed by atoms with Gasteiger partial charge in [-0.25, -0.2) is 4.98 Å². The van der Waals surface area contributed by atoms with E-state index in [9.17, 15) is 4.79 Å².